The van der Waals surface area contributed by atoms with Gasteiger partial charge in [0.25, 0.3) is 0 Å². The summed E-state index contributed by atoms with van der Waals surface area (Å²) in [7, 11) is 0. The van der Waals surface area contributed by atoms with Crippen molar-refractivity contribution in [3.8, 4) is 0 Å². The maximum absolute atomic E-state index is 14.3. The molecular weight excluding hydrogens is 1100 g/mol. The maximum atomic E-state index is 14.3. The first kappa shape index (κ1) is 74.4. The SMILES string of the molecule is CC[C@H](C)[C@H](NC(=O)[C@@H](N)CC(N)=O)C(=O)N[C@@H](CC(C)C)C(=O)N[C@@H](CO)C(=O)N[C@@H](CCCN=C(N)N)C(=O)N[C@@H](CCCN=C(N)N)C(=O)N[C@@H](CC(C)C)C(=O)N[C@@H](CS)C(=O)N[C@@H](CO)C(=O)N[C@@H](CCC(N)=O)C(=O)O. The molecule has 0 unspecified atom stereocenters. The van der Waals surface area contributed by atoms with E-state index in [9.17, 15) is 72.9 Å². The van der Waals surface area contributed by atoms with Crippen molar-refractivity contribution in [1.29, 1.82) is 0 Å². The van der Waals surface area contributed by atoms with Gasteiger partial charge in [-0.15, -0.1) is 0 Å². The van der Waals surface area contributed by atoms with E-state index in [-0.39, 0.29) is 75.4 Å². The number of nitrogens with one attached hydrogen (secondary N) is 9. The van der Waals surface area contributed by atoms with Crippen LogP contribution in [0.1, 0.15) is 106 Å². The molecule has 11 atom stereocenters. The van der Waals surface area contributed by atoms with Crippen LogP contribution in [0.5, 0.6) is 0 Å². The molecule has 34 heteroatoms. The third kappa shape index (κ3) is 29.7. The van der Waals surface area contributed by atoms with Crippen molar-refractivity contribution in [2.45, 2.75) is 166 Å². The number of carboxylic acids is 1. The average molecular weight is 1190 g/mol. The Bertz CT molecular complexity index is 2230. The van der Waals surface area contributed by atoms with Crippen molar-refractivity contribution in [2.24, 2.45) is 67.9 Å². The van der Waals surface area contributed by atoms with Crippen molar-refractivity contribution in [1.82, 2.24) is 47.9 Å². The number of hydrogen-bond acceptors (Lipinski definition) is 18. The van der Waals surface area contributed by atoms with Crippen LogP contribution in [0.25, 0.3) is 0 Å². The van der Waals surface area contributed by atoms with E-state index in [0.717, 1.165) is 0 Å². The summed E-state index contributed by atoms with van der Waals surface area (Å²) in [6.45, 7) is 8.14. The molecule has 33 nitrogen and oxygen atoms in total. The molecule has 0 radical (unpaired) electrons. The molecule has 82 heavy (non-hydrogen) atoms. The monoisotopic (exact) mass is 1190 g/mol. The van der Waals surface area contributed by atoms with Crippen LogP contribution in [0, 0.1) is 17.8 Å². The number of guanidine groups is 2. The first-order valence-corrected chi connectivity index (χ1v) is 27.2. The van der Waals surface area contributed by atoms with Gasteiger partial charge in [0.1, 0.15) is 54.4 Å². The number of aliphatic hydroxyl groups is 2. The number of hydrogen-bond donors (Lipinski definition) is 20. The zero-order chi connectivity index (χ0) is 63.0. The second-order valence-corrected chi connectivity index (χ2v) is 20.6. The van der Waals surface area contributed by atoms with E-state index in [2.05, 4.69) is 70.5 Å². The number of aliphatic imine (C=N–C) groups is 2. The number of aliphatic carboxylic acids is 1. The van der Waals surface area contributed by atoms with Gasteiger partial charge in [0.2, 0.25) is 65.0 Å². The molecule has 26 N–H and O–H groups in total. The van der Waals surface area contributed by atoms with Gasteiger partial charge in [-0.3, -0.25) is 62.7 Å². The quantitative estimate of drug-likeness (QED) is 0.0117. The van der Waals surface area contributed by atoms with E-state index in [1.54, 1.807) is 41.5 Å². The molecule has 0 heterocycles. The Morgan fingerprint density at radius 1 is 0.463 bits per heavy atom. The van der Waals surface area contributed by atoms with E-state index in [1.807, 2.05) is 0 Å². The Kier molecular flexibility index (Phi) is 35.3. The summed E-state index contributed by atoms with van der Waals surface area (Å²) in [5.41, 5.74) is 38.0. The predicted molar refractivity (Wildman–Crippen MR) is 301 cm³/mol. The first-order valence-electron chi connectivity index (χ1n) is 26.5. The van der Waals surface area contributed by atoms with Gasteiger partial charge in [0.05, 0.1) is 25.7 Å². The molecule has 0 aliphatic carbocycles. The van der Waals surface area contributed by atoms with E-state index in [0.29, 0.717) is 6.42 Å². The van der Waals surface area contributed by atoms with Gasteiger partial charge in [0.15, 0.2) is 11.9 Å². The summed E-state index contributed by atoms with van der Waals surface area (Å²) in [5.74, 6) is -14.0. The van der Waals surface area contributed by atoms with Gasteiger partial charge in [-0.25, -0.2) is 4.79 Å². The van der Waals surface area contributed by atoms with Gasteiger partial charge in [-0.2, -0.15) is 12.6 Å². The number of carbonyl (C=O) groups is 12. The fourth-order valence-electron chi connectivity index (χ4n) is 7.52. The lowest BCUT2D eigenvalue weighted by Gasteiger charge is -2.29. The number of amides is 11. The second-order valence-electron chi connectivity index (χ2n) is 20.2. The largest absolute Gasteiger partial charge is 0.480 e. The minimum Gasteiger partial charge on any atom is -0.480 e. The fraction of sp³-hybridized carbons (Fsp3) is 0.708. The molecule has 0 rings (SSSR count). The number of thiol groups is 1. The second kappa shape index (κ2) is 38.9. The molecule has 0 spiro atoms. The normalized spacial score (nSPS) is 15.1. The highest BCUT2D eigenvalue weighted by Gasteiger charge is 2.36. The van der Waals surface area contributed by atoms with Crippen molar-refractivity contribution in [3.05, 3.63) is 0 Å². The first-order chi connectivity index (χ1) is 38.3. The lowest BCUT2D eigenvalue weighted by atomic mass is 9.96. The van der Waals surface area contributed by atoms with Crippen LogP contribution in [-0.4, -0.2) is 191 Å². The third-order valence-corrected chi connectivity index (χ3v) is 12.5. The van der Waals surface area contributed by atoms with Gasteiger partial charge >= 0.3 is 5.97 Å². The molecule has 0 aromatic carbocycles. The van der Waals surface area contributed by atoms with Crippen molar-refractivity contribution < 1.29 is 72.9 Å². The summed E-state index contributed by atoms with van der Waals surface area (Å²) in [5, 5.41) is 51.7. The lowest BCUT2D eigenvalue weighted by molar-refractivity contribution is -0.143. The van der Waals surface area contributed by atoms with Crippen LogP contribution in [0.4, 0.5) is 0 Å². The molecule has 0 fully saturated rings. The van der Waals surface area contributed by atoms with E-state index >= 15 is 0 Å². The fourth-order valence-corrected chi connectivity index (χ4v) is 7.77. The zero-order valence-electron chi connectivity index (χ0n) is 47.2. The molecule has 0 saturated carbocycles. The van der Waals surface area contributed by atoms with Crippen LogP contribution in [0.15, 0.2) is 9.98 Å². The Hall–Kier alpha value is -7.59. The minimum atomic E-state index is -1.75. The van der Waals surface area contributed by atoms with Gasteiger partial charge < -0.3 is 103 Å². The molecule has 0 aromatic heterocycles. The van der Waals surface area contributed by atoms with E-state index in [1.165, 1.54) is 0 Å². The smallest absolute Gasteiger partial charge is 0.326 e. The highest BCUT2D eigenvalue weighted by molar-refractivity contribution is 7.80. The van der Waals surface area contributed by atoms with Crippen molar-refractivity contribution in [2.75, 3.05) is 32.1 Å². The molecule has 0 aliphatic rings. The number of aliphatic hydroxyl groups excluding tert-OH is 2. The number of rotatable bonds is 41. The molecule has 11 amide bonds. The number of nitrogens with two attached hydrogens (primary N) is 7. The number of carbonyl (C=O) groups excluding carboxylic acids is 11. The summed E-state index contributed by atoms with van der Waals surface area (Å²) >= 11 is 4.14. The maximum Gasteiger partial charge on any atom is 0.326 e. The van der Waals surface area contributed by atoms with Crippen LogP contribution in [-0.2, 0) is 57.5 Å². The van der Waals surface area contributed by atoms with E-state index in [4.69, 9.17) is 40.1 Å². The minimum absolute atomic E-state index is 0.00132. The lowest BCUT2D eigenvalue weighted by Crippen LogP contribution is -2.61. The van der Waals surface area contributed by atoms with Crippen LogP contribution < -0.4 is 88.0 Å². The molecule has 0 aromatic rings. The molecule has 0 saturated heterocycles. The standard InChI is InChI=1S/C48H88N18O15S/c1-7-24(6)36(66-37(71)25(49)18-35(51)70)45(79)62-30(17-23(4)5)40(74)63-31(19-67)42(76)59-26(10-8-14-56-47(52)53)38(72)58-27(11-9-15-57-48(54)55)39(73)61-29(16-22(2)3)41(75)65-33(21-82)44(78)64-32(20-68)43(77)60-28(46(80)81)12-13-34(50)69/h22-33,36,67-68,82H,7-21,49H2,1-6H3,(H2,50,69)(H2,51,70)(H,58,72)(H,59,76)(H,60,77)(H,61,73)(H,62,79)(H,63,74)(H,64,78)(H,65,75)(H,66,71)(H,80,81)(H4,52,53,56)(H4,54,55,57)/t24-,25-,26-,27-,28-,29-,30-,31-,32-,33-,36-/m0/s1. The average Bonchev–Trinajstić information content (AvgIpc) is 3.38. The van der Waals surface area contributed by atoms with Crippen LogP contribution in [0.2, 0.25) is 0 Å². The number of nitrogens with zero attached hydrogens (tertiary/aromatic N) is 2. The number of carboxylic acid groups (broad SMARTS) is 1. The molecule has 0 bridgehead atoms. The topological polar surface area (TPSA) is 581 Å². The third-order valence-electron chi connectivity index (χ3n) is 12.1. The van der Waals surface area contributed by atoms with Crippen molar-refractivity contribution >= 4 is 95.5 Å². The molecule has 466 valence electrons. The molecular formula is C48H88N18O15S. The van der Waals surface area contributed by atoms with Crippen LogP contribution in [0.3, 0.4) is 0 Å². The zero-order valence-corrected chi connectivity index (χ0v) is 48.1. The summed E-state index contributed by atoms with van der Waals surface area (Å²) < 4.78 is 0. The Morgan fingerprint density at radius 2 is 0.817 bits per heavy atom. The summed E-state index contributed by atoms with van der Waals surface area (Å²) in [6.07, 6.45) is -1.30. The van der Waals surface area contributed by atoms with Gasteiger partial charge in [-0.05, 0) is 62.7 Å². The Morgan fingerprint density at radius 3 is 1.17 bits per heavy atom. The Labute approximate surface area is 480 Å². The highest BCUT2D eigenvalue weighted by atomic mass is 32.1. The van der Waals surface area contributed by atoms with Crippen LogP contribution >= 0.6 is 12.6 Å². The molecule has 0 aliphatic heterocycles. The predicted octanol–water partition coefficient (Wildman–Crippen LogP) is -7.94. The summed E-state index contributed by atoms with van der Waals surface area (Å²) in [6, 6.07) is -15.1. The highest BCUT2D eigenvalue weighted by Crippen LogP contribution is 2.13. The summed E-state index contributed by atoms with van der Waals surface area (Å²) in [4.78, 5) is 165. The Balaban J connectivity index is 6.84. The van der Waals surface area contributed by atoms with Crippen molar-refractivity contribution in [3.63, 3.8) is 0 Å². The number of primary amides is 2. The van der Waals surface area contributed by atoms with E-state index < -0.39 is 176 Å². The van der Waals surface area contributed by atoms with Gasteiger partial charge in [0, 0.05) is 25.3 Å². The van der Waals surface area contributed by atoms with Gasteiger partial charge in [-0.1, -0.05) is 48.0 Å².